The Morgan fingerprint density at radius 2 is 2.05 bits per heavy atom. The van der Waals surface area contributed by atoms with Gasteiger partial charge in [0.05, 0.1) is 0 Å². The second-order valence-corrected chi connectivity index (χ2v) is 7.75. The van der Waals surface area contributed by atoms with Crippen molar-refractivity contribution in [2.45, 2.75) is 70.0 Å². The summed E-state index contributed by atoms with van der Waals surface area (Å²) in [5.41, 5.74) is 6.57. The van der Waals surface area contributed by atoms with E-state index in [-0.39, 0.29) is 5.54 Å². The van der Waals surface area contributed by atoms with Gasteiger partial charge in [-0.3, -0.25) is 4.90 Å². The van der Waals surface area contributed by atoms with Gasteiger partial charge < -0.3 is 5.73 Å². The molecule has 1 aromatic heterocycles. The highest BCUT2D eigenvalue weighted by Gasteiger charge is 2.45. The predicted octanol–water partition coefficient (Wildman–Crippen LogP) is 4.01. The third kappa shape index (κ3) is 2.95. The molecular weight excluding hydrogens is 264 g/mol. The van der Waals surface area contributed by atoms with Crippen molar-refractivity contribution in [3.8, 4) is 0 Å². The molecule has 0 atom stereocenters. The van der Waals surface area contributed by atoms with Crippen LogP contribution in [0.3, 0.4) is 0 Å². The summed E-state index contributed by atoms with van der Waals surface area (Å²) in [6.45, 7) is 4.30. The molecule has 1 heterocycles. The largest absolute Gasteiger partial charge is 0.329 e. The second-order valence-electron chi connectivity index (χ2n) is 6.72. The second kappa shape index (κ2) is 6.17. The third-order valence-corrected chi connectivity index (χ3v) is 6.36. The summed E-state index contributed by atoms with van der Waals surface area (Å²) in [5.74, 6) is 0.942. The molecule has 0 unspecified atom stereocenters. The van der Waals surface area contributed by atoms with Gasteiger partial charge in [-0.25, -0.2) is 0 Å². The van der Waals surface area contributed by atoms with E-state index in [9.17, 15) is 0 Å². The summed E-state index contributed by atoms with van der Waals surface area (Å²) in [6.07, 6.45) is 9.47. The van der Waals surface area contributed by atoms with Gasteiger partial charge in [-0.15, -0.1) is 11.3 Å². The van der Waals surface area contributed by atoms with E-state index >= 15 is 0 Å². The summed E-state index contributed by atoms with van der Waals surface area (Å²) < 4.78 is 0. The van der Waals surface area contributed by atoms with Crippen molar-refractivity contribution in [1.82, 2.24) is 4.90 Å². The first-order valence-corrected chi connectivity index (χ1v) is 9.14. The fraction of sp³-hybridized carbons (Fsp3) is 0.765. The number of nitrogens with two attached hydrogens (primary N) is 1. The Morgan fingerprint density at radius 3 is 2.55 bits per heavy atom. The Morgan fingerprint density at radius 1 is 1.30 bits per heavy atom. The van der Waals surface area contributed by atoms with E-state index in [1.165, 1.54) is 49.8 Å². The smallest absolute Gasteiger partial charge is 0.0338 e. The molecule has 3 rings (SSSR count). The Hall–Kier alpha value is -0.380. The molecule has 2 aliphatic carbocycles. The van der Waals surface area contributed by atoms with E-state index in [1.807, 2.05) is 11.3 Å². The highest BCUT2D eigenvalue weighted by Crippen LogP contribution is 2.43. The van der Waals surface area contributed by atoms with E-state index in [0.29, 0.717) is 0 Å². The standard InChI is InChI=1S/C17H28N2S/c1-2-14-7-9-17(13-18,10-8-14)19(15-5-6-15)12-16-4-3-11-20-16/h3-4,11,14-15H,2,5-10,12-13,18H2,1H3. The average Bonchev–Trinajstić information content (AvgIpc) is 3.21. The van der Waals surface area contributed by atoms with Gasteiger partial charge in [-0.1, -0.05) is 19.4 Å². The number of hydrogen-bond donors (Lipinski definition) is 1. The molecule has 1 aromatic rings. The van der Waals surface area contributed by atoms with Crippen molar-refractivity contribution in [1.29, 1.82) is 0 Å². The van der Waals surface area contributed by atoms with Crippen molar-refractivity contribution >= 4 is 11.3 Å². The SMILES string of the molecule is CCC1CCC(CN)(N(Cc2cccs2)C2CC2)CC1. The van der Waals surface area contributed by atoms with Gasteiger partial charge in [-0.05, 0) is 55.9 Å². The van der Waals surface area contributed by atoms with Crippen molar-refractivity contribution in [2.24, 2.45) is 11.7 Å². The molecule has 2 fully saturated rings. The zero-order valence-corrected chi connectivity index (χ0v) is 13.5. The molecule has 2 nitrogen and oxygen atoms in total. The number of rotatable bonds is 6. The summed E-state index contributed by atoms with van der Waals surface area (Å²) in [5, 5.41) is 2.20. The van der Waals surface area contributed by atoms with Crippen LogP contribution in [-0.2, 0) is 6.54 Å². The van der Waals surface area contributed by atoms with E-state index in [2.05, 4.69) is 29.3 Å². The fourth-order valence-electron chi connectivity index (χ4n) is 3.87. The summed E-state index contributed by atoms with van der Waals surface area (Å²) in [7, 11) is 0. The average molecular weight is 292 g/mol. The molecule has 0 amide bonds. The van der Waals surface area contributed by atoms with E-state index in [1.54, 1.807) is 0 Å². The lowest BCUT2D eigenvalue weighted by molar-refractivity contribution is 0.0284. The lowest BCUT2D eigenvalue weighted by Crippen LogP contribution is -2.56. The number of nitrogens with zero attached hydrogens (tertiary/aromatic N) is 1. The lowest BCUT2D eigenvalue weighted by atomic mass is 9.74. The molecule has 0 spiro atoms. The summed E-state index contributed by atoms with van der Waals surface area (Å²) in [6, 6.07) is 5.26. The third-order valence-electron chi connectivity index (χ3n) is 5.50. The molecule has 0 aliphatic heterocycles. The number of hydrogen-bond acceptors (Lipinski definition) is 3. The van der Waals surface area contributed by atoms with Crippen LogP contribution in [0.4, 0.5) is 0 Å². The molecule has 112 valence electrons. The maximum Gasteiger partial charge on any atom is 0.0338 e. The van der Waals surface area contributed by atoms with Crippen LogP contribution in [0.5, 0.6) is 0 Å². The van der Waals surface area contributed by atoms with Gasteiger partial charge >= 0.3 is 0 Å². The molecule has 2 aliphatic rings. The van der Waals surface area contributed by atoms with E-state index in [4.69, 9.17) is 5.73 Å². The molecule has 3 heteroatoms. The maximum atomic E-state index is 6.28. The van der Waals surface area contributed by atoms with Crippen LogP contribution in [0.25, 0.3) is 0 Å². The quantitative estimate of drug-likeness (QED) is 0.858. The van der Waals surface area contributed by atoms with Gasteiger partial charge in [0.1, 0.15) is 0 Å². The highest BCUT2D eigenvalue weighted by atomic mass is 32.1. The molecule has 0 saturated heterocycles. The van der Waals surface area contributed by atoms with Crippen LogP contribution in [0, 0.1) is 5.92 Å². The monoisotopic (exact) mass is 292 g/mol. The van der Waals surface area contributed by atoms with Crippen LogP contribution in [0.1, 0.15) is 56.7 Å². The first-order chi connectivity index (χ1) is 9.77. The molecule has 0 bridgehead atoms. The Labute approximate surface area is 127 Å². The Kier molecular flexibility index (Phi) is 4.49. The van der Waals surface area contributed by atoms with Crippen LogP contribution < -0.4 is 5.73 Å². The Balaban J connectivity index is 1.74. The van der Waals surface area contributed by atoms with Crippen LogP contribution >= 0.6 is 11.3 Å². The van der Waals surface area contributed by atoms with E-state index < -0.39 is 0 Å². The van der Waals surface area contributed by atoms with Gasteiger partial charge in [0.25, 0.3) is 0 Å². The zero-order valence-electron chi connectivity index (χ0n) is 12.7. The fourth-order valence-corrected chi connectivity index (χ4v) is 4.58. The van der Waals surface area contributed by atoms with Gasteiger partial charge in [0, 0.05) is 29.5 Å². The van der Waals surface area contributed by atoms with Crippen molar-refractivity contribution in [2.75, 3.05) is 6.54 Å². The van der Waals surface area contributed by atoms with Crippen molar-refractivity contribution < 1.29 is 0 Å². The lowest BCUT2D eigenvalue weighted by Gasteiger charge is -2.48. The number of thiophene rings is 1. The molecule has 2 N–H and O–H groups in total. The predicted molar refractivity (Wildman–Crippen MR) is 86.9 cm³/mol. The van der Waals surface area contributed by atoms with Crippen LogP contribution in [0.2, 0.25) is 0 Å². The Bertz CT molecular complexity index is 403. The molecular formula is C17H28N2S. The molecule has 0 radical (unpaired) electrons. The van der Waals surface area contributed by atoms with Crippen LogP contribution in [-0.4, -0.2) is 23.0 Å². The minimum Gasteiger partial charge on any atom is -0.329 e. The molecule has 0 aromatic carbocycles. The van der Waals surface area contributed by atoms with Crippen LogP contribution in [0.15, 0.2) is 17.5 Å². The van der Waals surface area contributed by atoms with Gasteiger partial charge in [0.15, 0.2) is 0 Å². The minimum atomic E-state index is 0.289. The van der Waals surface area contributed by atoms with Crippen molar-refractivity contribution in [3.05, 3.63) is 22.4 Å². The maximum absolute atomic E-state index is 6.28. The van der Waals surface area contributed by atoms with Crippen molar-refractivity contribution in [3.63, 3.8) is 0 Å². The summed E-state index contributed by atoms with van der Waals surface area (Å²) in [4.78, 5) is 4.28. The highest BCUT2D eigenvalue weighted by molar-refractivity contribution is 7.09. The zero-order chi connectivity index (χ0) is 14.0. The van der Waals surface area contributed by atoms with E-state index in [0.717, 1.165) is 25.0 Å². The molecule has 2 saturated carbocycles. The first kappa shape index (κ1) is 14.6. The topological polar surface area (TPSA) is 29.3 Å². The normalized spacial score (nSPS) is 30.9. The molecule has 20 heavy (non-hydrogen) atoms. The first-order valence-electron chi connectivity index (χ1n) is 8.26. The summed E-state index contributed by atoms with van der Waals surface area (Å²) >= 11 is 1.89. The minimum absolute atomic E-state index is 0.289. The van der Waals surface area contributed by atoms with Gasteiger partial charge in [0.2, 0.25) is 0 Å². The van der Waals surface area contributed by atoms with Gasteiger partial charge in [-0.2, -0.15) is 0 Å².